The molecule has 1 heterocycles. The van der Waals surface area contributed by atoms with Crippen LogP contribution >= 0.6 is 0 Å². The molecule has 120 valence electrons. The van der Waals surface area contributed by atoms with Gasteiger partial charge in [-0.15, -0.1) is 0 Å². The predicted octanol–water partition coefficient (Wildman–Crippen LogP) is 0.0305. The molecule has 1 fully saturated rings. The first-order valence-electron chi connectivity index (χ1n) is 7.31. The Balaban J connectivity index is 2.02. The van der Waals surface area contributed by atoms with E-state index in [4.69, 9.17) is 15.6 Å². The van der Waals surface area contributed by atoms with Crippen LogP contribution in [0.15, 0.2) is 23.1 Å². The third kappa shape index (κ3) is 4.14. The van der Waals surface area contributed by atoms with E-state index in [1.807, 2.05) is 6.08 Å². The highest BCUT2D eigenvalue weighted by molar-refractivity contribution is 7.93. The van der Waals surface area contributed by atoms with E-state index in [2.05, 4.69) is 4.90 Å². The number of likely N-dealkylation sites (tertiary alicyclic amines) is 1. The molecule has 0 aromatic rings. The first kappa shape index (κ1) is 16.6. The van der Waals surface area contributed by atoms with Gasteiger partial charge in [0.25, 0.3) is 0 Å². The molecule has 1 aliphatic carbocycles. The number of rotatable bonds is 5. The number of primary sulfonamides is 1. The third-order valence-corrected chi connectivity index (χ3v) is 5.28. The summed E-state index contributed by atoms with van der Waals surface area (Å²) >= 11 is 0. The molecule has 0 amide bonds. The van der Waals surface area contributed by atoms with Crippen molar-refractivity contribution in [2.45, 2.75) is 18.9 Å². The quantitative estimate of drug-likeness (QED) is 0.746. The molecule has 0 aromatic heterocycles. The highest BCUT2D eigenvalue weighted by Crippen LogP contribution is 2.27. The minimum absolute atomic E-state index is 0.0118. The second-order valence-electron chi connectivity index (χ2n) is 5.80. The number of allylic oxidation sites excluding steroid dienone is 1. The molecule has 21 heavy (non-hydrogen) atoms. The lowest BCUT2D eigenvalue weighted by Crippen LogP contribution is -2.47. The van der Waals surface area contributed by atoms with Crippen LogP contribution < -0.4 is 10.9 Å². The molecule has 7 heteroatoms. The third-order valence-electron chi connectivity index (χ3n) is 4.35. The lowest BCUT2D eigenvalue weighted by molar-refractivity contribution is 0.0808. The number of nitrogens with two attached hydrogens (primary N) is 2. The van der Waals surface area contributed by atoms with Crippen molar-refractivity contribution in [3.05, 3.63) is 23.1 Å². The maximum absolute atomic E-state index is 11.4. The van der Waals surface area contributed by atoms with Gasteiger partial charge in [-0.1, -0.05) is 12.2 Å². The Labute approximate surface area is 126 Å². The van der Waals surface area contributed by atoms with Crippen LogP contribution in [0, 0.1) is 11.8 Å². The maximum atomic E-state index is 11.4. The fourth-order valence-electron chi connectivity index (χ4n) is 3.14. The van der Waals surface area contributed by atoms with E-state index in [9.17, 15) is 8.42 Å². The molecule has 1 saturated heterocycles. The van der Waals surface area contributed by atoms with Crippen molar-refractivity contribution in [2.24, 2.45) is 22.7 Å². The summed E-state index contributed by atoms with van der Waals surface area (Å²) in [6, 6.07) is 0.156. The van der Waals surface area contributed by atoms with Crippen molar-refractivity contribution in [1.82, 2.24) is 4.90 Å². The van der Waals surface area contributed by atoms with Gasteiger partial charge in [0.05, 0.1) is 4.91 Å². The average molecular weight is 315 g/mol. The van der Waals surface area contributed by atoms with Crippen molar-refractivity contribution < 1.29 is 13.2 Å². The molecule has 0 bridgehead atoms. The van der Waals surface area contributed by atoms with Crippen molar-refractivity contribution in [2.75, 3.05) is 33.4 Å². The minimum Gasteiger partial charge on any atom is -0.384 e. The first-order valence-corrected chi connectivity index (χ1v) is 8.86. The minimum atomic E-state index is -3.66. The van der Waals surface area contributed by atoms with Crippen LogP contribution in [0.2, 0.25) is 0 Å². The zero-order valence-corrected chi connectivity index (χ0v) is 13.3. The van der Waals surface area contributed by atoms with E-state index < -0.39 is 10.0 Å². The van der Waals surface area contributed by atoms with E-state index in [1.54, 1.807) is 19.3 Å². The first-order chi connectivity index (χ1) is 9.95. The van der Waals surface area contributed by atoms with E-state index in [0.717, 1.165) is 32.5 Å². The topological polar surface area (TPSA) is 98.6 Å². The van der Waals surface area contributed by atoms with Crippen LogP contribution in [-0.2, 0) is 14.8 Å². The molecule has 0 spiro atoms. The van der Waals surface area contributed by atoms with Gasteiger partial charge in [-0.25, -0.2) is 13.6 Å². The maximum Gasteiger partial charge on any atom is 0.237 e. The van der Waals surface area contributed by atoms with Crippen LogP contribution in [0.25, 0.3) is 0 Å². The summed E-state index contributed by atoms with van der Waals surface area (Å²) < 4.78 is 28.1. The van der Waals surface area contributed by atoms with E-state index in [1.165, 1.54) is 0 Å². The Morgan fingerprint density at radius 2 is 2.05 bits per heavy atom. The monoisotopic (exact) mass is 315 g/mol. The fraction of sp³-hybridized carbons (Fsp3) is 0.714. The molecular weight excluding hydrogens is 290 g/mol. The van der Waals surface area contributed by atoms with Gasteiger partial charge in [-0.05, 0) is 37.9 Å². The smallest absolute Gasteiger partial charge is 0.237 e. The Morgan fingerprint density at radius 1 is 1.38 bits per heavy atom. The second kappa shape index (κ2) is 7.02. The molecule has 0 saturated carbocycles. The number of sulfonamides is 1. The van der Waals surface area contributed by atoms with Crippen LogP contribution in [0.1, 0.15) is 12.8 Å². The second-order valence-corrected chi connectivity index (χ2v) is 7.36. The van der Waals surface area contributed by atoms with Crippen molar-refractivity contribution >= 4 is 10.0 Å². The van der Waals surface area contributed by atoms with Gasteiger partial charge in [0.15, 0.2) is 0 Å². The van der Waals surface area contributed by atoms with Gasteiger partial charge < -0.3 is 10.5 Å². The Hall–Kier alpha value is -0.730. The summed E-state index contributed by atoms with van der Waals surface area (Å²) in [6.07, 6.45) is 7.42. The summed E-state index contributed by atoms with van der Waals surface area (Å²) in [7, 11) is -1.92. The van der Waals surface area contributed by atoms with E-state index in [0.29, 0.717) is 12.5 Å². The summed E-state index contributed by atoms with van der Waals surface area (Å²) in [5.41, 5.74) is 5.82. The van der Waals surface area contributed by atoms with Crippen molar-refractivity contribution in [1.29, 1.82) is 0 Å². The molecule has 4 N–H and O–H groups in total. The lowest BCUT2D eigenvalue weighted by atomic mass is 9.90. The van der Waals surface area contributed by atoms with Gasteiger partial charge in [-0.2, -0.15) is 0 Å². The molecule has 0 radical (unpaired) electrons. The zero-order valence-electron chi connectivity index (χ0n) is 12.4. The molecular formula is C14H25N3O3S. The van der Waals surface area contributed by atoms with Crippen LogP contribution in [0.4, 0.5) is 0 Å². The van der Waals surface area contributed by atoms with E-state index >= 15 is 0 Å². The normalized spacial score (nSPS) is 28.6. The molecule has 2 unspecified atom stereocenters. The molecule has 2 atom stereocenters. The Bertz CT molecular complexity index is 508. The number of nitrogens with zero attached hydrogens (tertiary/aromatic N) is 1. The average Bonchev–Trinajstić information content (AvgIpc) is 2.47. The summed E-state index contributed by atoms with van der Waals surface area (Å²) in [5, 5.41) is 5.19. The lowest BCUT2D eigenvalue weighted by Gasteiger charge is -2.40. The van der Waals surface area contributed by atoms with Gasteiger partial charge in [0.2, 0.25) is 10.0 Å². The Morgan fingerprint density at radius 3 is 2.57 bits per heavy atom. The van der Waals surface area contributed by atoms with Gasteiger partial charge >= 0.3 is 0 Å². The van der Waals surface area contributed by atoms with E-state index in [-0.39, 0.29) is 16.9 Å². The summed E-state index contributed by atoms with van der Waals surface area (Å²) in [6.45, 7) is 3.19. The van der Waals surface area contributed by atoms with Gasteiger partial charge in [-0.3, -0.25) is 4.90 Å². The van der Waals surface area contributed by atoms with Crippen LogP contribution in [-0.4, -0.2) is 52.7 Å². The number of hydrogen-bond acceptors (Lipinski definition) is 5. The SMILES string of the molecule is COCC1CCN(C2C=CC(S(N)(=O)=O)=CC2CN)CC1. The summed E-state index contributed by atoms with van der Waals surface area (Å²) in [4.78, 5) is 2.54. The zero-order chi connectivity index (χ0) is 15.5. The molecule has 0 aromatic carbocycles. The highest BCUT2D eigenvalue weighted by atomic mass is 32.2. The number of hydrogen-bond donors (Lipinski definition) is 2. The van der Waals surface area contributed by atoms with Crippen molar-refractivity contribution in [3.8, 4) is 0 Å². The van der Waals surface area contributed by atoms with Crippen molar-refractivity contribution in [3.63, 3.8) is 0 Å². The highest BCUT2D eigenvalue weighted by Gasteiger charge is 2.30. The molecule has 2 aliphatic rings. The number of methoxy groups -OCH3 is 1. The standard InChI is InChI=1S/C14H25N3O3S/c1-20-10-11-4-6-17(7-5-11)14-3-2-13(21(16,18)19)8-12(14)9-15/h2-3,8,11-12,14H,4-7,9-10,15H2,1H3,(H2,16,18,19). The Kier molecular flexibility index (Phi) is 5.56. The molecule has 1 aliphatic heterocycles. The van der Waals surface area contributed by atoms with Crippen LogP contribution in [0.3, 0.4) is 0 Å². The molecule has 2 rings (SSSR count). The summed E-state index contributed by atoms with van der Waals surface area (Å²) in [5.74, 6) is 0.605. The number of ether oxygens (including phenoxy) is 1. The predicted molar refractivity (Wildman–Crippen MR) is 82.8 cm³/mol. The van der Waals surface area contributed by atoms with Crippen LogP contribution in [0.5, 0.6) is 0 Å². The molecule has 6 nitrogen and oxygen atoms in total. The van der Waals surface area contributed by atoms with Gasteiger partial charge in [0.1, 0.15) is 0 Å². The fourth-order valence-corrected chi connectivity index (χ4v) is 3.78. The largest absolute Gasteiger partial charge is 0.384 e. The van der Waals surface area contributed by atoms with Gasteiger partial charge in [0, 0.05) is 32.2 Å². The number of piperidine rings is 1.